The number of hydrogen-bond donors (Lipinski definition) is 0. The summed E-state index contributed by atoms with van der Waals surface area (Å²) in [4.78, 5) is 27.2. The minimum Gasteiger partial charge on any atom is -0.453 e. The van der Waals surface area contributed by atoms with Crippen molar-refractivity contribution in [3.8, 4) is 0 Å². The molecule has 1 heterocycles. The molecule has 0 saturated heterocycles. The molecule has 0 N–H and O–H groups in total. The van der Waals surface area contributed by atoms with E-state index in [1.54, 1.807) is 0 Å². The number of methoxy groups -OCH3 is 1. The van der Waals surface area contributed by atoms with Crippen LogP contribution in [0.1, 0.15) is 54.1 Å². The SMILES string of the molecule is CCOC(=O)N1c2cc(C(F)(F)F)ccc2[C@@H](N(Cc2cc(C(F)(F)F)cc(C(F)(F)F)c2)C(=O)OC)C[C@H]1C. The lowest BCUT2D eigenvalue weighted by atomic mass is 9.89. The van der Waals surface area contributed by atoms with Gasteiger partial charge in [-0.3, -0.25) is 9.80 Å². The minimum atomic E-state index is -5.15. The van der Waals surface area contributed by atoms with Crippen LogP contribution in [0.5, 0.6) is 0 Å². The number of alkyl halides is 9. The fourth-order valence-corrected chi connectivity index (χ4v) is 4.50. The van der Waals surface area contributed by atoms with E-state index in [0.717, 1.165) is 23.0 Å². The molecule has 0 spiro atoms. The zero-order valence-corrected chi connectivity index (χ0v) is 21.2. The third-order valence-corrected chi connectivity index (χ3v) is 6.23. The molecule has 3 rings (SSSR count). The molecule has 220 valence electrons. The molecule has 40 heavy (non-hydrogen) atoms. The van der Waals surface area contributed by atoms with Crippen LogP contribution >= 0.6 is 0 Å². The molecule has 0 fully saturated rings. The zero-order valence-electron chi connectivity index (χ0n) is 21.2. The summed E-state index contributed by atoms with van der Waals surface area (Å²) in [5.41, 5.74) is -5.21. The second-order valence-corrected chi connectivity index (χ2v) is 8.95. The van der Waals surface area contributed by atoms with Crippen molar-refractivity contribution in [3.05, 3.63) is 64.2 Å². The first-order valence-electron chi connectivity index (χ1n) is 11.7. The first kappa shape index (κ1) is 30.9. The molecule has 1 aliphatic heterocycles. The molecule has 2 amide bonds. The van der Waals surface area contributed by atoms with Gasteiger partial charge in [0.05, 0.1) is 42.1 Å². The van der Waals surface area contributed by atoms with Crippen molar-refractivity contribution in [1.29, 1.82) is 0 Å². The Morgan fingerprint density at radius 3 is 1.93 bits per heavy atom. The fourth-order valence-electron chi connectivity index (χ4n) is 4.50. The molecule has 6 nitrogen and oxygen atoms in total. The van der Waals surface area contributed by atoms with Gasteiger partial charge in [0.1, 0.15) is 0 Å². The van der Waals surface area contributed by atoms with Gasteiger partial charge in [0.15, 0.2) is 0 Å². The number of amides is 2. The van der Waals surface area contributed by atoms with E-state index in [9.17, 15) is 49.1 Å². The largest absolute Gasteiger partial charge is 0.453 e. The second kappa shape index (κ2) is 11.1. The predicted octanol–water partition coefficient (Wildman–Crippen LogP) is 7.81. The summed E-state index contributed by atoms with van der Waals surface area (Å²) in [5.74, 6) is 0. The summed E-state index contributed by atoms with van der Waals surface area (Å²) >= 11 is 0. The standard InChI is InChI=1S/C25H23F9N2O4/c1-4-40-22(38)36-13(2)7-19(18-6-5-15(11-20(18)36)23(26,27)28)35(21(37)39-3)12-14-8-16(24(29,30)31)10-17(9-14)25(32,33)34/h5-6,8-11,13,19H,4,7,12H2,1-3H3/t13-,19+/m1/s1. The Morgan fingerprint density at radius 2 is 1.45 bits per heavy atom. The number of halogens is 9. The number of benzene rings is 2. The van der Waals surface area contributed by atoms with Crippen molar-refractivity contribution in [2.24, 2.45) is 0 Å². The summed E-state index contributed by atoms with van der Waals surface area (Å²) in [6.07, 6.45) is -17.4. The Bertz CT molecular complexity index is 1230. The van der Waals surface area contributed by atoms with Gasteiger partial charge in [0.2, 0.25) is 0 Å². The molecule has 0 aliphatic carbocycles. The van der Waals surface area contributed by atoms with Gasteiger partial charge in [-0.05, 0) is 61.7 Å². The van der Waals surface area contributed by atoms with Crippen molar-refractivity contribution < 1.29 is 58.6 Å². The molecule has 2 aromatic rings. The Labute approximate surface area is 222 Å². The molecule has 2 atom stereocenters. The third-order valence-electron chi connectivity index (χ3n) is 6.23. The van der Waals surface area contributed by atoms with E-state index < -0.39 is 71.6 Å². The van der Waals surface area contributed by atoms with Crippen molar-refractivity contribution in [2.75, 3.05) is 18.6 Å². The highest BCUT2D eigenvalue weighted by molar-refractivity contribution is 5.90. The van der Waals surface area contributed by atoms with Crippen LogP contribution in [0, 0.1) is 0 Å². The molecule has 0 saturated carbocycles. The minimum absolute atomic E-state index is 0.0208. The monoisotopic (exact) mass is 586 g/mol. The maximum Gasteiger partial charge on any atom is 0.416 e. The Kier molecular flexibility index (Phi) is 8.56. The molecule has 0 bridgehead atoms. The highest BCUT2D eigenvalue weighted by atomic mass is 19.4. The van der Waals surface area contributed by atoms with Gasteiger partial charge < -0.3 is 9.47 Å². The first-order valence-corrected chi connectivity index (χ1v) is 11.7. The number of hydrogen-bond acceptors (Lipinski definition) is 4. The van der Waals surface area contributed by atoms with E-state index in [4.69, 9.17) is 9.47 Å². The average Bonchev–Trinajstić information content (AvgIpc) is 2.84. The number of nitrogens with zero attached hydrogens (tertiary/aromatic N) is 2. The summed E-state index contributed by atoms with van der Waals surface area (Å²) in [7, 11) is 0.924. The van der Waals surface area contributed by atoms with E-state index in [1.807, 2.05) is 0 Å². The number of fused-ring (bicyclic) bond motifs is 1. The molecule has 1 aliphatic rings. The van der Waals surface area contributed by atoms with Crippen LogP contribution in [-0.4, -0.2) is 36.8 Å². The second-order valence-electron chi connectivity index (χ2n) is 8.95. The summed E-state index contributed by atoms with van der Waals surface area (Å²) in [6.45, 7) is 1.99. The average molecular weight is 586 g/mol. The van der Waals surface area contributed by atoms with Crippen LogP contribution in [0.25, 0.3) is 0 Å². The summed E-state index contributed by atoms with van der Waals surface area (Å²) in [6, 6.07) is 1.05. The lowest BCUT2D eigenvalue weighted by Gasteiger charge is -2.42. The van der Waals surface area contributed by atoms with Crippen LogP contribution in [0.2, 0.25) is 0 Å². The van der Waals surface area contributed by atoms with Gasteiger partial charge >= 0.3 is 30.7 Å². The Hall–Kier alpha value is -3.65. The smallest absolute Gasteiger partial charge is 0.416 e. The van der Waals surface area contributed by atoms with Gasteiger partial charge in [-0.1, -0.05) is 6.07 Å². The topological polar surface area (TPSA) is 59.1 Å². The molecular formula is C25H23F9N2O4. The molecule has 0 aromatic heterocycles. The highest BCUT2D eigenvalue weighted by Gasteiger charge is 2.42. The van der Waals surface area contributed by atoms with E-state index >= 15 is 0 Å². The van der Waals surface area contributed by atoms with Crippen molar-refractivity contribution in [1.82, 2.24) is 4.90 Å². The van der Waals surface area contributed by atoms with Crippen molar-refractivity contribution >= 4 is 17.9 Å². The van der Waals surface area contributed by atoms with Crippen LogP contribution < -0.4 is 4.90 Å². The van der Waals surface area contributed by atoms with Gasteiger partial charge in [0, 0.05) is 12.6 Å². The molecular weight excluding hydrogens is 563 g/mol. The zero-order chi connectivity index (χ0) is 30.2. The van der Waals surface area contributed by atoms with Gasteiger partial charge in [-0.25, -0.2) is 9.59 Å². The third kappa shape index (κ3) is 6.55. The van der Waals surface area contributed by atoms with E-state index in [1.165, 1.54) is 13.8 Å². The lowest BCUT2D eigenvalue weighted by molar-refractivity contribution is -0.143. The molecule has 0 radical (unpaired) electrons. The Balaban J connectivity index is 2.18. The molecule has 0 unspecified atom stereocenters. The van der Waals surface area contributed by atoms with E-state index in [-0.39, 0.29) is 30.3 Å². The van der Waals surface area contributed by atoms with Gasteiger partial charge in [-0.2, -0.15) is 39.5 Å². The Morgan fingerprint density at radius 1 is 0.900 bits per heavy atom. The normalized spacial score (nSPS) is 17.8. The highest BCUT2D eigenvalue weighted by Crippen LogP contribution is 2.45. The van der Waals surface area contributed by atoms with E-state index in [2.05, 4.69) is 0 Å². The lowest BCUT2D eigenvalue weighted by Crippen LogP contribution is -2.47. The number of carbonyl (C=O) groups is 2. The quantitative estimate of drug-likeness (QED) is 0.343. The van der Waals surface area contributed by atoms with Gasteiger partial charge in [-0.15, -0.1) is 0 Å². The maximum absolute atomic E-state index is 13.5. The summed E-state index contributed by atoms with van der Waals surface area (Å²) in [5, 5.41) is 0. The van der Waals surface area contributed by atoms with Gasteiger partial charge in [0.25, 0.3) is 0 Å². The molecule has 15 heteroatoms. The predicted molar refractivity (Wildman–Crippen MR) is 122 cm³/mol. The van der Waals surface area contributed by atoms with Crippen molar-refractivity contribution in [2.45, 2.75) is 57.4 Å². The first-order chi connectivity index (χ1) is 18.4. The number of rotatable bonds is 4. The molecule has 2 aromatic carbocycles. The van der Waals surface area contributed by atoms with E-state index in [0.29, 0.717) is 24.3 Å². The summed E-state index contributed by atoms with van der Waals surface area (Å²) < 4.78 is 131. The fraction of sp³-hybridized carbons (Fsp3) is 0.440. The van der Waals surface area contributed by atoms with Crippen LogP contribution in [0.15, 0.2) is 36.4 Å². The number of ether oxygens (including phenoxy) is 2. The maximum atomic E-state index is 13.5. The van der Waals surface area contributed by atoms with Crippen LogP contribution in [0.3, 0.4) is 0 Å². The van der Waals surface area contributed by atoms with Crippen LogP contribution in [0.4, 0.5) is 54.8 Å². The van der Waals surface area contributed by atoms with Crippen molar-refractivity contribution in [3.63, 3.8) is 0 Å². The van der Waals surface area contributed by atoms with Crippen LogP contribution in [-0.2, 0) is 34.5 Å². The number of anilines is 1. The number of carbonyl (C=O) groups excluding carboxylic acids is 2.